The van der Waals surface area contributed by atoms with Crippen LogP contribution in [0.15, 0.2) is 40.8 Å². The number of hydrogen-bond acceptors (Lipinski definition) is 5. The lowest BCUT2D eigenvalue weighted by atomic mass is 10.0. The van der Waals surface area contributed by atoms with Gasteiger partial charge in [-0.25, -0.2) is 4.85 Å². The Morgan fingerprint density at radius 3 is 3.10 bits per heavy atom. The SMILES string of the molecule is [2H]c1c([2H])c(-c2noc(-c3c([2H])c([2H])c(OC([2H])(C)C)c([N+]#[C-])c3[2H])n2)c2c(c1[2H])[C@@]([2H])(NCCC)C([2H])([2H])C2. The molecule has 4 rings (SSSR count). The van der Waals surface area contributed by atoms with Gasteiger partial charge in [0.25, 0.3) is 5.89 Å². The van der Waals surface area contributed by atoms with E-state index in [0.717, 1.165) is 0 Å². The minimum atomic E-state index is -2.21. The smallest absolute Gasteiger partial charge is 0.256 e. The van der Waals surface area contributed by atoms with E-state index in [-0.39, 0.29) is 41.0 Å². The van der Waals surface area contributed by atoms with Crippen LogP contribution in [0.1, 0.15) is 64.4 Å². The summed E-state index contributed by atoms with van der Waals surface area (Å²) in [6.07, 6.45) is -3.55. The molecule has 0 unspecified atom stereocenters. The number of rotatable bonds is 7. The lowest BCUT2D eigenvalue weighted by molar-refractivity contribution is 0.244. The van der Waals surface area contributed by atoms with E-state index in [1.165, 1.54) is 13.8 Å². The molecule has 0 radical (unpaired) electrons. The maximum atomic E-state index is 8.94. The highest BCUT2D eigenvalue weighted by atomic mass is 16.5. The Labute approximate surface area is 191 Å². The molecular weight excluding hydrogens is 376 g/mol. The van der Waals surface area contributed by atoms with E-state index in [1.54, 1.807) is 0 Å². The van der Waals surface area contributed by atoms with Crippen LogP contribution >= 0.6 is 0 Å². The number of ether oxygens (including phenoxy) is 1. The van der Waals surface area contributed by atoms with E-state index in [0.29, 0.717) is 6.42 Å². The lowest BCUT2D eigenvalue weighted by Crippen LogP contribution is -2.19. The molecule has 1 aliphatic rings. The molecule has 1 aromatic heterocycles. The molecule has 1 atom stereocenters. The normalized spacial score (nSPS) is 24.5. The molecule has 3 aromatic rings. The predicted molar refractivity (Wildman–Crippen MR) is 117 cm³/mol. The molecule has 0 aliphatic heterocycles. The van der Waals surface area contributed by atoms with E-state index in [2.05, 4.69) is 20.3 Å². The van der Waals surface area contributed by atoms with Crippen molar-refractivity contribution in [1.82, 2.24) is 15.5 Å². The van der Waals surface area contributed by atoms with Gasteiger partial charge < -0.3 is 14.6 Å². The molecule has 0 amide bonds. The van der Waals surface area contributed by atoms with Crippen molar-refractivity contribution >= 4 is 5.69 Å². The van der Waals surface area contributed by atoms with Gasteiger partial charge in [0.2, 0.25) is 11.5 Å². The Morgan fingerprint density at radius 2 is 2.33 bits per heavy atom. The van der Waals surface area contributed by atoms with Crippen molar-refractivity contribution in [2.75, 3.05) is 6.54 Å². The fraction of sp³-hybridized carbons (Fsp3) is 0.375. The van der Waals surface area contributed by atoms with Gasteiger partial charge in [0.05, 0.1) is 22.2 Å². The predicted octanol–water partition coefficient (Wildman–Crippen LogP) is 5.73. The highest BCUT2D eigenvalue weighted by Gasteiger charge is 2.26. The van der Waals surface area contributed by atoms with Crippen LogP contribution in [0, 0.1) is 6.57 Å². The summed E-state index contributed by atoms with van der Waals surface area (Å²) in [6.45, 7) is 12.4. The number of fused-ring (bicyclic) bond motifs is 1. The summed E-state index contributed by atoms with van der Waals surface area (Å²) < 4.78 is 95.4. The molecule has 0 spiro atoms. The van der Waals surface area contributed by atoms with Crippen molar-refractivity contribution in [3.8, 4) is 28.6 Å². The summed E-state index contributed by atoms with van der Waals surface area (Å²) in [5.74, 6) is -1.13. The Morgan fingerprint density at radius 1 is 1.47 bits per heavy atom. The highest BCUT2D eigenvalue weighted by molar-refractivity contribution is 5.70. The molecule has 0 bridgehead atoms. The van der Waals surface area contributed by atoms with Crippen LogP contribution in [-0.2, 0) is 6.42 Å². The first-order valence-electron chi connectivity index (χ1n) is 14.4. The summed E-state index contributed by atoms with van der Waals surface area (Å²) in [4.78, 5) is 7.47. The van der Waals surface area contributed by atoms with E-state index in [9.17, 15) is 0 Å². The van der Waals surface area contributed by atoms with Crippen molar-refractivity contribution < 1.29 is 23.0 Å². The van der Waals surface area contributed by atoms with Crippen molar-refractivity contribution in [2.45, 2.75) is 52.1 Å². The van der Waals surface area contributed by atoms with Gasteiger partial charge >= 0.3 is 0 Å². The standard InChI is InChI=1S/C24H26N4O2/c1-5-13-26-20-11-10-17-18(20)7-6-8-19(17)23-27-24(30-28-23)16-9-12-22(29-15(2)3)21(14-16)25-4/h6-9,12,14-15,20,26H,5,10-11,13H2,1-3H3/t20-/m0/s1/i6D,7D,8D,9D,11D2,12D,14D,15D,20D. The molecule has 0 saturated heterocycles. The fourth-order valence-corrected chi connectivity index (χ4v) is 2.95. The van der Waals surface area contributed by atoms with Gasteiger partial charge in [0, 0.05) is 21.3 Å². The topological polar surface area (TPSA) is 64.5 Å². The summed E-state index contributed by atoms with van der Waals surface area (Å²) in [5, 5.41) is 6.70. The lowest BCUT2D eigenvalue weighted by Gasteiger charge is -2.13. The van der Waals surface area contributed by atoms with Crippen molar-refractivity contribution in [3.05, 3.63) is 58.8 Å². The number of hydrogen-bond donors (Lipinski definition) is 1. The van der Waals surface area contributed by atoms with Gasteiger partial charge in [-0.05, 0) is 68.9 Å². The second kappa shape index (κ2) is 8.68. The van der Waals surface area contributed by atoms with Gasteiger partial charge in [0.1, 0.15) is 5.75 Å². The summed E-state index contributed by atoms with van der Waals surface area (Å²) in [6, 6.07) is -5.25. The maximum Gasteiger partial charge on any atom is 0.256 e. The highest BCUT2D eigenvalue weighted by Crippen LogP contribution is 2.38. The van der Waals surface area contributed by atoms with Crippen LogP contribution in [0.3, 0.4) is 0 Å². The molecule has 0 saturated carbocycles. The van der Waals surface area contributed by atoms with Crippen LogP contribution in [0.4, 0.5) is 5.69 Å². The summed E-state index contributed by atoms with van der Waals surface area (Å²) >= 11 is 0. The third-order valence-electron chi connectivity index (χ3n) is 4.26. The third-order valence-corrected chi connectivity index (χ3v) is 4.26. The molecule has 154 valence electrons. The first-order chi connectivity index (χ1) is 18.5. The first-order valence-corrected chi connectivity index (χ1v) is 9.43. The minimum absolute atomic E-state index is 0.0982. The summed E-state index contributed by atoms with van der Waals surface area (Å²) in [5.41, 5.74) is -0.902. The van der Waals surface area contributed by atoms with Crippen LogP contribution in [0.2, 0.25) is 0 Å². The van der Waals surface area contributed by atoms with Gasteiger partial charge in [-0.15, -0.1) is 0 Å². The second-order valence-corrected chi connectivity index (χ2v) is 6.73. The molecule has 1 heterocycles. The quantitative estimate of drug-likeness (QED) is 0.502. The largest absolute Gasteiger partial charge is 0.502 e. The Balaban J connectivity index is 1.94. The average Bonchev–Trinajstić information content (AvgIpc) is 3.40. The summed E-state index contributed by atoms with van der Waals surface area (Å²) in [7, 11) is 0. The number of benzene rings is 2. The first kappa shape index (κ1) is 11.3. The van der Waals surface area contributed by atoms with Crippen LogP contribution < -0.4 is 10.1 Å². The molecule has 2 aromatic carbocycles. The van der Waals surface area contributed by atoms with E-state index >= 15 is 0 Å². The van der Waals surface area contributed by atoms with Gasteiger partial charge in [-0.2, -0.15) is 4.98 Å². The second-order valence-electron chi connectivity index (χ2n) is 6.73. The van der Waals surface area contributed by atoms with E-state index in [1.807, 2.05) is 6.92 Å². The van der Waals surface area contributed by atoms with Crippen LogP contribution in [-0.4, -0.2) is 22.8 Å². The van der Waals surface area contributed by atoms with Gasteiger partial charge in [-0.1, -0.05) is 30.2 Å². The molecule has 1 aliphatic carbocycles. The van der Waals surface area contributed by atoms with Crippen molar-refractivity contribution in [3.63, 3.8) is 0 Å². The maximum absolute atomic E-state index is 8.94. The fourth-order valence-electron chi connectivity index (χ4n) is 2.95. The Kier molecular flexibility index (Phi) is 3.27. The zero-order valence-corrected chi connectivity index (χ0v) is 16.8. The van der Waals surface area contributed by atoms with E-state index < -0.39 is 72.1 Å². The van der Waals surface area contributed by atoms with Crippen molar-refractivity contribution in [1.29, 1.82) is 0 Å². The van der Waals surface area contributed by atoms with Crippen molar-refractivity contribution in [2.24, 2.45) is 0 Å². The van der Waals surface area contributed by atoms with Gasteiger partial charge in [-0.3, -0.25) is 0 Å². The molecular formula is C24H26N4O2. The third kappa shape index (κ3) is 3.94. The Bertz CT molecular complexity index is 1560. The molecule has 6 nitrogen and oxygen atoms in total. The monoisotopic (exact) mass is 412 g/mol. The molecule has 6 heteroatoms. The van der Waals surface area contributed by atoms with Crippen LogP contribution in [0.25, 0.3) is 27.7 Å². The zero-order chi connectivity index (χ0) is 29.9. The number of aromatic nitrogens is 2. The van der Waals surface area contributed by atoms with Gasteiger partial charge in [0.15, 0.2) is 0 Å². The number of nitrogens with one attached hydrogen (secondary N) is 1. The minimum Gasteiger partial charge on any atom is -0.502 e. The zero-order valence-electron chi connectivity index (χ0n) is 26.8. The molecule has 0 fully saturated rings. The van der Waals surface area contributed by atoms with Crippen LogP contribution in [0.5, 0.6) is 5.75 Å². The van der Waals surface area contributed by atoms with E-state index in [4.69, 9.17) is 29.5 Å². The number of nitrogens with zero attached hydrogens (tertiary/aromatic N) is 3. The molecule has 30 heavy (non-hydrogen) atoms. The Hall–Kier alpha value is -3.17. The molecule has 1 N–H and O–H groups in total. The average molecular weight is 413 g/mol.